The van der Waals surface area contributed by atoms with E-state index in [1.807, 2.05) is 0 Å². The summed E-state index contributed by atoms with van der Waals surface area (Å²) in [4.78, 5) is 52.0. The second kappa shape index (κ2) is 11.3. The smallest absolute Gasteiger partial charge is 0.376 e. The van der Waals surface area contributed by atoms with Gasteiger partial charge in [-0.1, -0.05) is 5.21 Å². The molecule has 39 heavy (non-hydrogen) atoms. The van der Waals surface area contributed by atoms with Crippen LogP contribution in [-0.4, -0.2) is 85.7 Å². The fraction of sp³-hybridized carbons (Fsp3) is 0.391. The topological polar surface area (TPSA) is 176 Å². The number of nitrogens with zero attached hydrogens (tertiary/aromatic N) is 6. The lowest BCUT2D eigenvalue weighted by atomic mass is 10.1. The summed E-state index contributed by atoms with van der Waals surface area (Å²) < 4.78 is 41.9. The highest BCUT2D eigenvalue weighted by molar-refractivity contribution is 5.85. The molecule has 0 saturated carbocycles. The summed E-state index contributed by atoms with van der Waals surface area (Å²) in [5.74, 6) is -3.97. The lowest BCUT2D eigenvalue weighted by Gasteiger charge is -2.23. The molecule has 4 atom stereocenters. The minimum Gasteiger partial charge on any atom is -0.463 e. The predicted molar refractivity (Wildman–Crippen MR) is 123 cm³/mol. The molecule has 0 amide bonds. The number of carbonyl (C=O) groups excluding carboxylic acids is 4. The number of carbonyl (C=O) groups is 4. The van der Waals surface area contributed by atoms with E-state index in [2.05, 4.69) is 20.4 Å². The molecule has 2 aromatic heterocycles. The number of aromatic nitrogens is 6. The molecule has 0 unspecified atom stereocenters. The van der Waals surface area contributed by atoms with Crippen LogP contribution in [0.4, 0.5) is 4.39 Å². The van der Waals surface area contributed by atoms with Crippen molar-refractivity contribution in [3.63, 3.8) is 0 Å². The van der Waals surface area contributed by atoms with Crippen molar-refractivity contribution in [1.29, 1.82) is 0 Å². The van der Waals surface area contributed by atoms with E-state index in [0.717, 1.165) is 30.3 Å². The zero-order chi connectivity index (χ0) is 28.3. The van der Waals surface area contributed by atoms with Crippen LogP contribution in [0.25, 0.3) is 17.2 Å². The van der Waals surface area contributed by atoms with Gasteiger partial charge in [-0.25, -0.2) is 13.9 Å². The Kier molecular flexibility index (Phi) is 7.94. The summed E-state index contributed by atoms with van der Waals surface area (Å²) >= 11 is 0. The maximum atomic E-state index is 13.3. The van der Waals surface area contributed by atoms with E-state index in [1.54, 1.807) is 0 Å². The van der Waals surface area contributed by atoms with Crippen molar-refractivity contribution in [2.24, 2.45) is 0 Å². The third kappa shape index (κ3) is 6.06. The van der Waals surface area contributed by atoms with E-state index >= 15 is 0 Å². The molecular weight excluding hydrogens is 523 g/mol. The first-order chi connectivity index (χ1) is 18.6. The molecule has 3 aromatic rings. The van der Waals surface area contributed by atoms with Crippen molar-refractivity contribution in [3.05, 3.63) is 42.1 Å². The first-order valence-electron chi connectivity index (χ1n) is 11.4. The minimum atomic E-state index is -1.37. The molecule has 0 spiro atoms. The molecule has 15 nitrogen and oxygen atoms in total. The molecule has 0 bridgehead atoms. The zero-order valence-corrected chi connectivity index (χ0v) is 21.1. The molecule has 1 aromatic carbocycles. The molecule has 206 valence electrons. The van der Waals surface area contributed by atoms with Crippen molar-refractivity contribution >= 4 is 23.9 Å². The maximum Gasteiger partial charge on any atom is 0.376 e. The van der Waals surface area contributed by atoms with Gasteiger partial charge in [0.05, 0.1) is 13.3 Å². The lowest BCUT2D eigenvalue weighted by Crippen LogP contribution is -2.41. The Labute approximate surface area is 219 Å². The molecule has 4 rings (SSSR count). The van der Waals surface area contributed by atoms with E-state index in [0.29, 0.717) is 11.3 Å². The Balaban J connectivity index is 1.75. The number of hydrogen-bond acceptors (Lipinski definition) is 13. The average molecular weight is 546 g/mol. The van der Waals surface area contributed by atoms with Crippen LogP contribution in [0.15, 0.2) is 30.5 Å². The number of esters is 4. The summed E-state index contributed by atoms with van der Waals surface area (Å²) in [7, 11) is 1.12. The summed E-state index contributed by atoms with van der Waals surface area (Å²) in [6.45, 7) is 3.08. The monoisotopic (exact) mass is 546 g/mol. The van der Waals surface area contributed by atoms with E-state index in [-0.39, 0.29) is 18.4 Å². The van der Waals surface area contributed by atoms with Crippen LogP contribution in [-0.2, 0) is 38.1 Å². The molecular formula is C23H23FN6O9. The van der Waals surface area contributed by atoms with Crippen molar-refractivity contribution < 1.29 is 47.3 Å². The largest absolute Gasteiger partial charge is 0.463 e. The molecule has 1 aliphatic rings. The normalized spacial score (nSPS) is 20.3. The Hall–Kier alpha value is -4.73. The van der Waals surface area contributed by atoms with Crippen LogP contribution >= 0.6 is 0 Å². The van der Waals surface area contributed by atoms with Gasteiger partial charge in [0, 0.05) is 26.3 Å². The van der Waals surface area contributed by atoms with Crippen LogP contribution in [0.1, 0.15) is 37.6 Å². The van der Waals surface area contributed by atoms with E-state index in [1.165, 1.54) is 37.4 Å². The SMILES string of the molecule is COC(=O)c1nc(-n2cc(-c3ccc(F)cc3)nn2)nn1[C@@H]1O[C@H](COC(C)=O)[C@@H](OC(C)=O)[C@H]1OC(C)=O. The van der Waals surface area contributed by atoms with Gasteiger partial charge in [0.2, 0.25) is 5.82 Å². The number of hydrogen-bond donors (Lipinski definition) is 0. The van der Waals surface area contributed by atoms with Gasteiger partial charge in [-0.3, -0.25) is 14.4 Å². The van der Waals surface area contributed by atoms with Gasteiger partial charge in [-0.05, 0) is 24.3 Å². The summed E-state index contributed by atoms with van der Waals surface area (Å²) in [5.41, 5.74) is 0.916. The number of rotatable bonds is 8. The summed E-state index contributed by atoms with van der Waals surface area (Å²) in [5, 5.41) is 12.3. The van der Waals surface area contributed by atoms with Gasteiger partial charge in [0.15, 0.2) is 18.4 Å². The van der Waals surface area contributed by atoms with Crippen LogP contribution in [0, 0.1) is 5.82 Å². The second-order valence-corrected chi connectivity index (χ2v) is 8.24. The highest BCUT2D eigenvalue weighted by Crippen LogP contribution is 2.35. The van der Waals surface area contributed by atoms with Gasteiger partial charge in [0.25, 0.3) is 5.95 Å². The number of methoxy groups -OCH3 is 1. The molecule has 1 aliphatic heterocycles. The van der Waals surface area contributed by atoms with E-state index < -0.39 is 54.2 Å². The standard InChI is InChI=1S/C23H23FN6O9/c1-11(31)36-10-17-18(37-12(2)32)19(38-13(3)33)21(39-17)30-20(22(34)35-4)25-23(27-30)29-9-16(26-28-29)14-5-7-15(24)8-6-14/h5-9,17-19,21H,10H2,1-4H3/t17-,18-,19-,21-/m1/s1. The van der Waals surface area contributed by atoms with Gasteiger partial charge < -0.3 is 23.7 Å². The predicted octanol–water partition coefficient (Wildman–Crippen LogP) is 0.775. The molecule has 3 heterocycles. The highest BCUT2D eigenvalue weighted by atomic mass is 19.1. The average Bonchev–Trinajstić information content (AvgIpc) is 3.60. The van der Waals surface area contributed by atoms with Crippen LogP contribution in [0.5, 0.6) is 0 Å². The molecule has 0 radical (unpaired) electrons. The quantitative estimate of drug-likeness (QED) is 0.286. The third-order valence-corrected chi connectivity index (χ3v) is 5.41. The number of ether oxygens (including phenoxy) is 5. The molecule has 1 fully saturated rings. The minimum absolute atomic E-state index is 0.145. The molecule has 0 N–H and O–H groups in total. The molecule has 16 heteroatoms. The van der Waals surface area contributed by atoms with Gasteiger partial charge >= 0.3 is 23.9 Å². The fourth-order valence-electron chi connectivity index (χ4n) is 3.82. The van der Waals surface area contributed by atoms with E-state index in [9.17, 15) is 23.6 Å². The maximum absolute atomic E-state index is 13.3. The third-order valence-electron chi connectivity index (χ3n) is 5.41. The Bertz CT molecular complexity index is 1390. The van der Waals surface area contributed by atoms with Crippen LogP contribution < -0.4 is 0 Å². The van der Waals surface area contributed by atoms with E-state index in [4.69, 9.17) is 23.7 Å². The molecule has 1 saturated heterocycles. The van der Waals surface area contributed by atoms with Crippen molar-refractivity contribution in [2.45, 2.75) is 45.3 Å². The van der Waals surface area contributed by atoms with Crippen LogP contribution in [0.2, 0.25) is 0 Å². The Morgan fingerprint density at radius 1 is 1.00 bits per heavy atom. The van der Waals surface area contributed by atoms with Gasteiger partial charge in [-0.2, -0.15) is 9.67 Å². The molecule has 0 aliphatic carbocycles. The van der Waals surface area contributed by atoms with Crippen molar-refractivity contribution in [1.82, 2.24) is 29.8 Å². The fourth-order valence-corrected chi connectivity index (χ4v) is 3.82. The summed E-state index contributed by atoms with van der Waals surface area (Å²) in [6.07, 6.45) is -3.57. The highest BCUT2D eigenvalue weighted by Gasteiger charge is 2.52. The van der Waals surface area contributed by atoms with Gasteiger partial charge in [-0.15, -0.1) is 10.2 Å². The number of benzene rings is 1. The van der Waals surface area contributed by atoms with Crippen LogP contribution in [0.3, 0.4) is 0 Å². The first-order valence-corrected chi connectivity index (χ1v) is 11.4. The van der Waals surface area contributed by atoms with Crippen molar-refractivity contribution in [3.8, 4) is 17.2 Å². The second-order valence-electron chi connectivity index (χ2n) is 8.24. The Morgan fingerprint density at radius 3 is 2.28 bits per heavy atom. The Morgan fingerprint density at radius 2 is 1.67 bits per heavy atom. The summed E-state index contributed by atoms with van der Waals surface area (Å²) in [6, 6.07) is 5.53. The first kappa shape index (κ1) is 27.3. The van der Waals surface area contributed by atoms with Crippen molar-refractivity contribution in [2.75, 3.05) is 13.7 Å². The zero-order valence-electron chi connectivity index (χ0n) is 21.1. The number of halogens is 1. The lowest BCUT2D eigenvalue weighted by molar-refractivity contribution is -0.166. The van der Waals surface area contributed by atoms with Gasteiger partial charge in [0.1, 0.15) is 24.2 Å².